The molecule has 0 spiro atoms. The summed E-state index contributed by atoms with van der Waals surface area (Å²) in [7, 11) is 0. The number of hydrogen-bond donors (Lipinski definition) is 1. The molecule has 1 amide bonds. The normalized spacial score (nSPS) is 26.9. The highest BCUT2D eigenvalue weighted by Gasteiger charge is 2.22. The SMILES string of the molecule is CC1CCCN(C(=O)[C@H](C)N)C1. The summed E-state index contributed by atoms with van der Waals surface area (Å²) >= 11 is 0. The Labute approximate surface area is 73.9 Å². The summed E-state index contributed by atoms with van der Waals surface area (Å²) in [5.41, 5.74) is 5.52. The van der Waals surface area contributed by atoms with E-state index in [1.165, 1.54) is 6.42 Å². The van der Waals surface area contributed by atoms with Crippen molar-refractivity contribution in [3.8, 4) is 0 Å². The number of nitrogens with zero attached hydrogens (tertiary/aromatic N) is 1. The van der Waals surface area contributed by atoms with Gasteiger partial charge >= 0.3 is 0 Å². The molecule has 1 aliphatic heterocycles. The predicted molar refractivity (Wildman–Crippen MR) is 48.6 cm³/mol. The van der Waals surface area contributed by atoms with Gasteiger partial charge in [0.25, 0.3) is 0 Å². The Balaban J connectivity index is 2.46. The Kier molecular flexibility index (Phi) is 3.09. The standard InChI is InChI=1S/C9H18N2O/c1-7-4-3-5-11(6-7)9(12)8(2)10/h7-8H,3-6,10H2,1-2H3/t7?,8-/m0/s1. The van der Waals surface area contributed by atoms with E-state index in [4.69, 9.17) is 5.73 Å². The van der Waals surface area contributed by atoms with Crippen LogP contribution in [0, 0.1) is 5.92 Å². The minimum atomic E-state index is -0.338. The van der Waals surface area contributed by atoms with Gasteiger partial charge in [-0.15, -0.1) is 0 Å². The number of carbonyl (C=O) groups is 1. The second-order valence-corrected chi connectivity index (χ2v) is 3.82. The van der Waals surface area contributed by atoms with E-state index in [-0.39, 0.29) is 11.9 Å². The van der Waals surface area contributed by atoms with Crippen LogP contribution in [0.2, 0.25) is 0 Å². The highest BCUT2D eigenvalue weighted by atomic mass is 16.2. The van der Waals surface area contributed by atoms with Crippen molar-refractivity contribution >= 4 is 5.91 Å². The van der Waals surface area contributed by atoms with Crippen LogP contribution in [0.4, 0.5) is 0 Å². The molecule has 0 aliphatic carbocycles. The quantitative estimate of drug-likeness (QED) is 0.626. The number of piperidine rings is 1. The first kappa shape index (κ1) is 9.52. The maximum atomic E-state index is 11.4. The van der Waals surface area contributed by atoms with Gasteiger partial charge in [-0.25, -0.2) is 0 Å². The van der Waals surface area contributed by atoms with E-state index in [9.17, 15) is 4.79 Å². The van der Waals surface area contributed by atoms with Gasteiger partial charge in [0.1, 0.15) is 0 Å². The van der Waals surface area contributed by atoms with Crippen LogP contribution in [0.15, 0.2) is 0 Å². The van der Waals surface area contributed by atoms with Gasteiger partial charge in [-0.1, -0.05) is 6.92 Å². The molecule has 2 atom stereocenters. The van der Waals surface area contributed by atoms with Crippen molar-refractivity contribution < 1.29 is 4.79 Å². The topological polar surface area (TPSA) is 46.3 Å². The summed E-state index contributed by atoms with van der Waals surface area (Å²) in [4.78, 5) is 13.3. The number of amides is 1. The third-order valence-electron chi connectivity index (χ3n) is 2.36. The van der Waals surface area contributed by atoms with Gasteiger partial charge in [0.15, 0.2) is 0 Å². The summed E-state index contributed by atoms with van der Waals surface area (Å²) < 4.78 is 0. The Morgan fingerprint density at radius 2 is 2.33 bits per heavy atom. The Hall–Kier alpha value is -0.570. The van der Waals surface area contributed by atoms with Gasteiger partial charge in [0.2, 0.25) is 5.91 Å². The molecule has 1 heterocycles. The number of likely N-dealkylation sites (tertiary alicyclic amines) is 1. The summed E-state index contributed by atoms with van der Waals surface area (Å²) in [6, 6.07) is -0.338. The van der Waals surface area contributed by atoms with Crippen LogP contribution in [-0.4, -0.2) is 29.9 Å². The van der Waals surface area contributed by atoms with Crippen molar-refractivity contribution in [1.29, 1.82) is 0 Å². The molecule has 1 rings (SSSR count). The van der Waals surface area contributed by atoms with Gasteiger partial charge in [0, 0.05) is 13.1 Å². The second kappa shape index (κ2) is 3.90. The van der Waals surface area contributed by atoms with Crippen molar-refractivity contribution in [2.75, 3.05) is 13.1 Å². The lowest BCUT2D eigenvalue weighted by molar-refractivity contribution is -0.133. The average Bonchev–Trinajstić information content (AvgIpc) is 2.03. The highest BCUT2D eigenvalue weighted by molar-refractivity contribution is 5.81. The molecule has 3 heteroatoms. The molecule has 0 saturated carbocycles. The Bertz CT molecular complexity index is 168. The number of nitrogens with two attached hydrogens (primary N) is 1. The summed E-state index contributed by atoms with van der Waals surface area (Å²) in [6.07, 6.45) is 2.36. The van der Waals surface area contributed by atoms with E-state index in [0.29, 0.717) is 5.92 Å². The third kappa shape index (κ3) is 2.21. The van der Waals surface area contributed by atoms with Crippen LogP contribution in [0.3, 0.4) is 0 Å². The number of hydrogen-bond acceptors (Lipinski definition) is 2. The molecule has 1 fully saturated rings. The first-order chi connectivity index (χ1) is 5.61. The van der Waals surface area contributed by atoms with Gasteiger partial charge in [0.05, 0.1) is 6.04 Å². The maximum Gasteiger partial charge on any atom is 0.239 e. The first-order valence-electron chi connectivity index (χ1n) is 4.65. The van der Waals surface area contributed by atoms with Gasteiger partial charge < -0.3 is 10.6 Å². The Morgan fingerprint density at radius 1 is 1.67 bits per heavy atom. The average molecular weight is 170 g/mol. The zero-order chi connectivity index (χ0) is 9.14. The van der Waals surface area contributed by atoms with Gasteiger partial charge in [-0.05, 0) is 25.7 Å². The summed E-state index contributed by atoms with van der Waals surface area (Å²) in [5, 5.41) is 0. The number of rotatable bonds is 1. The number of carbonyl (C=O) groups excluding carboxylic acids is 1. The molecule has 0 aromatic rings. The molecular weight excluding hydrogens is 152 g/mol. The third-order valence-corrected chi connectivity index (χ3v) is 2.36. The first-order valence-corrected chi connectivity index (χ1v) is 4.65. The van der Waals surface area contributed by atoms with E-state index in [1.54, 1.807) is 6.92 Å². The van der Waals surface area contributed by atoms with E-state index in [2.05, 4.69) is 6.92 Å². The largest absolute Gasteiger partial charge is 0.341 e. The lowest BCUT2D eigenvalue weighted by atomic mass is 10.00. The summed E-state index contributed by atoms with van der Waals surface area (Å²) in [6.45, 7) is 5.72. The molecule has 12 heavy (non-hydrogen) atoms. The van der Waals surface area contributed by atoms with E-state index in [1.807, 2.05) is 4.90 Å². The van der Waals surface area contributed by atoms with Crippen LogP contribution < -0.4 is 5.73 Å². The molecule has 70 valence electrons. The van der Waals surface area contributed by atoms with Crippen LogP contribution >= 0.6 is 0 Å². The smallest absolute Gasteiger partial charge is 0.239 e. The van der Waals surface area contributed by atoms with Crippen LogP contribution in [0.5, 0.6) is 0 Å². The minimum absolute atomic E-state index is 0.0987. The fraction of sp³-hybridized carbons (Fsp3) is 0.889. The molecule has 0 bridgehead atoms. The van der Waals surface area contributed by atoms with Crippen LogP contribution in [-0.2, 0) is 4.79 Å². The zero-order valence-electron chi connectivity index (χ0n) is 7.92. The van der Waals surface area contributed by atoms with Crippen molar-refractivity contribution in [1.82, 2.24) is 4.90 Å². The molecule has 0 aromatic carbocycles. The molecule has 2 N–H and O–H groups in total. The molecule has 1 unspecified atom stereocenters. The molecular formula is C9H18N2O. The lowest BCUT2D eigenvalue weighted by Gasteiger charge is -2.31. The van der Waals surface area contributed by atoms with Crippen molar-refractivity contribution in [2.45, 2.75) is 32.7 Å². The van der Waals surface area contributed by atoms with E-state index >= 15 is 0 Å². The molecule has 1 saturated heterocycles. The van der Waals surface area contributed by atoms with Crippen LogP contribution in [0.1, 0.15) is 26.7 Å². The second-order valence-electron chi connectivity index (χ2n) is 3.82. The molecule has 0 radical (unpaired) electrons. The summed E-state index contributed by atoms with van der Waals surface area (Å²) in [5.74, 6) is 0.739. The maximum absolute atomic E-state index is 11.4. The Morgan fingerprint density at radius 3 is 2.83 bits per heavy atom. The van der Waals surface area contributed by atoms with Gasteiger partial charge in [-0.2, -0.15) is 0 Å². The zero-order valence-corrected chi connectivity index (χ0v) is 7.92. The van der Waals surface area contributed by atoms with Crippen LogP contribution in [0.25, 0.3) is 0 Å². The van der Waals surface area contributed by atoms with E-state index in [0.717, 1.165) is 19.5 Å². The highest BCUT2D eigenvalue weighted by Crippen LogP contribution is 2.15. The van der Waals surface area contributed by atoms with Crippen molar-refractivity contribution in [3.63, 3.8) is 0 Å². The predicted octanol–water partition coefficient (Wildman–Crippen LogP) is 0.592. The molecule has 1 aliphatic rings. The molecule has 0 aromatic heterocycles. The lowest BCUT2D eigenvalue weighted by Crippen LogP contribution is -2.46. The van der Waals surface area contributed by atoms with E-state index < -0.39 is 0 Å². The minimum Gasteiger partial charge on any atom is -0.341 e. The fourth-order valence-electron chi connectivity index (χ4n) is 1.68. The fourth-order valence-corrected chi connectivity index (χ4v) is 1.68. The van der Waals surface area contributed by atoms with Crippen molar-refractivity contribution in [3.05, 3.63) is 0 Å². The van der Waals surface area contributed by atoms with Crippen molar-refractivity contribution in [2.24, 2.45) is 11.7 Å². The van der Waals surface area contributed by atoms with Gasteiger partial charge in [-0.3, -0.25) is 4.79 Å². The monoisotopic (exact) mass is 170 g/mol. The molecule has 3 nitrogen and oxygen atoms in total.